The van der Waals surface area contributed by atoms with E-state index in [4.69, 9.17) is 4.42 Å². The predicted octanol–water partition coefficient (Wildman–Crippen LogP) is 6.98. The Kier molecular flexibility index (Phi) is 8.45. The quantitative estimate of drug-likeness (QED) is 0.192. The summed E-state index contributed by atoms with van der Waals surface area (Å²) in [5.41, 5.74) is 3.74. The lowest BCUT2D eigenvalue weighted by Crippen LogP contribution is -2.48. The first-order chi connectivity index (χ1) is 21.3. The van der Waals surface area contributed by atoms with E-state index in [1.165, 1.54) is 11.6 Å². The SMILES string of the molecule is Cc1cccc(C)c1-n1nnnc1C(c1ccc(-c2cccc(C(F)(F)F)c2)o1)N1CCN(C/C=C/c2ccccc2)CC1. The second kappa shape index (κ2) is 12.6. The van der Waals surface area contributed by atoms with Crippen molar-refractivity contribution in [3.8, 4) is 17.0 Å². The summed E-state index contributed by atoms with van der Waals surface area (Å²) in [4.78, 5) is 4.67. The van der Waals surface area contributed by atoms with Crippen LogP contribution in [-0.2, 0) is 6.18 Å². The zero-order chi connectivity index (χ0) is 30.7. The van der Waals surface area contributed by atoms with Crippen molar-refractivity contribution in [2.45, 2.75) is 26.1 Å². The molecule has 0 radical (unpaired) electrons. The van der Waals surface area contributed by atoms with Crippen LogP contribution in [0.25, 0.3) is 23.1 Å². The van der Waals surface area contributed by atoms with Crippen molar-refractivity contribution in [3.05, 3.63) is 125 Å². The van der Waals surface area contributed by atoms with Gasteiger partial charge in [-0.25, -0.2) is 0 Å². The van der Waals surface area contributed by atoms with Gasteiger partial charge in [0.25, 0.3) is 0 Å². The first-order valence-corrected chi connectivity index (χ1v) is 14.6. The topological polar surface area (TPSA) is 63.2 Å². The molecule has 10 heteroatoms. The average molecular weight is 599 g/mol. The number of furan rings is 1. The van der Waals surface area contributed by atoms with E-state index in [2.05, 4.69) is 49.6 Å². The lowest BCUT2D eigenvalue weighted by atomic mass is 10.1. The van der Waals surface area contributed by atoms with Crippen molar-refractivity contribution >= 4 is 6.08 Å². The summed E-state index contributed by atoms with van der Waals surface area (Å²) in [6.07, 6.45) is -0.138. The van der Waals surface area contributed by atoms with Gasteiger partial charge < -0.3 is 4.42 Å². The molecule has 1 atom stereocenters. The zero-order valence-corrected chi connectivity index (χ0v) is 24.6. The van der Waals surface area contributed by atoms with Crippen LogP contribution in [0.2, 0.25) is 0 Å². The Hall–Kier alpha value is -4.54. The number of alkyl halides is 3. The smallest absolute Gasteiger partial charge is 0.416 e. The van der Waals surface area contributed by atoms with Gasteiger partial charge in [-0.05, 0) is 65.2 Å². The highest BCUT2D eigenvalue weighted by Gasteiger charge is 2.34. The van der Waals surface area contributed by atoms with Gasteiger partial charge in [0.05, 0.1) is 11.3 Å². The van der Waals surface area contributed by atoms with Crippen LogP contribution in [0, 0.1) is 13.8 Å². The lowest BCUT2D eigenvalue weighted by Gasteiger charge is -2.37. The molecule has 1 saturated heterocycles. The maximum atomic E-state index is 13.4. The van der Waals surface area contributed by atoms with Gasteiger partial charge in [-0.3, -0.25) is 9.80 Å². The van der Waals surface area contributed by atoms with Crippen molar-refractivity contribution < 1.29 is 17.6 Å². The number of piperazine rings is 1. The van der Waals surface area contributed by atoms with Gasteiger partial charge in [-0.1, -0.05) is 72.8 Å². The molecule has 0 aliphatic carbocycles. The number of tetrazole rings is 1. The van der Waals surface area contributed by atoms with Crippen LogP contribution in [0.15, 0.2) is 95.4 Å². The fourth-order valence-corrected chi connectivity index (χ4v) is 5.74. The van der Waals surface area contributed by atoms with E-state index in [1.54, 1.807) is 16.8 Å². The fraction of sp³-hybridized carbons (Fsp3) is 0.265. The average Bonchev–Trinajstić information content (AvgIpc) is 3.69. The van der Waals surface area contributed by atoms with Gasteiger partial charge in [0.2, 0.25) is 0 Å². The molecular weight excluding hydrogens is 565 g/mol. The monoisotopic (exact) mass is 598 g/mol. The van der Waals surface area contributed by atoms with E-state index in [9.17, 15) is 13.2 Å². The number of nitrogens with zero attached hydrogens (tertiary/aromatic N) is 6. The molecule has 0 amide bonds. The molecule has 0 bridgehead atoms. The fourth-order valence-electron chi connectivity index (χ4n) is 5.74. The van der Waals surface area contributed by atoms with Gasteiger partial charge in [0.1, 0.15) is 17.6 Å². The summed E-state index contributed by atoms with van der Waals surface area (Å²) < 4.78 is 48.4. The van der Waals surface area contributed by atoms with Crippen LogP contribution in [-0.4, -0.2) is 62.7 Å². The summed E-state index contributed by atoms with van der Waals surface area (Å²) in [6.45, 7) is 7.95. The first kappa shape index (κ1) is 29.5. The van der Waals surface area contributed by atoms with Crippen LogP contribution in [0.3, 0.4) is 0 Å². The molecular formula is C34H33F3N6O. The van der Waals surface area contributed by atoms with E-state index in [0.29, 0.717) is 22.9 Å². The molecule has 6 rings (SSSR count). The third kappa shape index (κ3) is 6.36. The Bertz CT molecular complexity index is 1720. The van der Waals surface area contributed by atoms with Crippen LogP contribution >= 0.6 is 0 Å². The number of hydrogen-bond acceptors (Lipinski definition) is 6. The van der Waals surface area contributed by atoms with Crippen molar-refractivity contribution in [1.82, 2.24) is 30.0 Å². The molecule has 0 N–H and O–H groups in total. The number of hydrogen-bond donors (Lipinski definition) is 0. The summed E-state index contributed by atoms with van der Waals surface area (Å²) in [6, 6.07) is 24.5. The molecule has 1 unspecified atom stereocenters. The number of halogens is 3. The van der Waals surface area contributed by atoms with Crippen molar-refractivity contribution in [1.29, 1.82) is 0 Å². The number of aryl methyl sites for hydroxylation is 2. The molecule has 5 aromatic rings. The number of aromatic nitrogens is 4. The van der Waals surface area contributed by atoms with E-state index >= 15 is 0 Å². The van der Waals surface area contributed by atoms with E-state index in [1.807, 2.05) is 56.3 Å². The van der Waals surface area contributed by atoms with Gasteiger partial charge in [-0.15, -0.1) is 5.10 Å². The maximum absolute atomic E-state index is 13.4. The minimum absolute atomic E-state index is 0.354. The molecule has 2 aromatic heterocycles. The molecule has 226 valence electrons. The highest BCUT2D eigenvalue weighted by molar-refractivity contribution is 5.59. The van der Waals surface area contributed by atoms with Gasteiger partial charge in [0, 0.05) is 38.3 Å². The van der Waals surface area contributed by atoms with Crippen molar-refractivity contribution in [3.63, 3.8) is 0 Å². The third-order valence-corrected chi connectivity index (χ3v) is 8.01. The van der Waals surface area contributed by atoms with Crippen molar-refractivity contribution in [2.24, 2.45) is 0 Å². The molecule has 1 fully saturated rings. The van der Waals surface area contributed by atoms with Crippen LogP contribution in [0.5, 0.6) is 0 Å². The van der Waals surface area contributed by atoms with Crippen LogP contribution in [0.1, 0.15) is 39.9 Å². The number of para-hydroxylation sites is 1. The second-order valence-corrected chi connectivity index (χ2v) is 11.0. The van der Waals surface area contributed by atoms with Crippen LogP contribution in [0.4, 0.5) is 13.2 Å². The number of benzene rings is 3. The minimum Gasteiger partial charge on any atom is -0.459 e. The van der Waals surface area contributed by atoms with Crippen LogP contribution < -0.4 is 0 Å². The third-order valence-electron chi connectivity index (χ3n) is 8.01. The Morgan fingerprint density at radius 3 is 2.32 bits per heavy atom. The molecule has 0 spiro atoms. The highest BCUT2D eigenvalue weighted by atomic mass is 19.4. The molecule has 3 aromatic carbocycles. The molecule has 0 saturated carbocycles. The normalized spacial score (nSPS) is 15.7. The van der Waals surface area contributed by atoms with Gasteiger partial charge >= 0.3 is 6.18 Å². The molecule has 3 heterocycles. The molecule has 1 aliphatic heterocycles. The minimum atomic E-state index is -4.45. The molecule has 7 nitrogen and oxygen atoms in total. The van der Waals surface area contributed by atoms with E-state index in [0.717, 1.165) is 61.7 Å². The second-order valence-electron chi connectivity index (χ2n) is 11.0. The standard InChI is InChI=1S/C34H33F3N6O/c1-24-9-6-10-25(2)31(24)43-33(38-39-40-43)32(30-17-16-29(44-30)27-14-7-15-28(23-27)34(35,36)37)42-21-19-41(20-22-42)18-8-13-26-11-4-3-5-12-26/h3-17,23,32H,18-22H2,1-2H3/b13-8+. The zero-order valence-electron chi connectivity index (χ0n) is 24.6. The maximum Gasteiger partial charge on any atom is 0.416 e. The summed E-state index contributed by atoms with van der Waals surface area (Å²) in [5.74, 6) is 1.51. The summed E-state index contributed by atoms with van der Waals surface area (Å²) in [7, 11) is 0. The Labute approximate surface area is 254 Å². The summed E-state index contributed by atoms with van der Waals surface area (Å²) in [5, 5.41) is 12.9. The van der Waals surface area contributed by atoms with Gasteiger partial charge in [-0.2, -0.15) is 17.9 Å². The van der Waals surface area contributed by atoms with Gasteiger partial charge in [0.15, 0.2) is 5.82 Å². The summed E-state index contributed by atoms with van der Waals surface area (Å²) >= 11 is 0. The Morgan fingerprint density at radius 1 is 0.864 bits per heavy atom. The Morgan fingerprint density at radius 2 is 1.59 bits per heavy atom. The van der Waals surface area contributed by atoms with E-state index in [-0.39, 0.29) is 0 Å². The molecule has 1 aliphatic rings. The Balaban J connectivity index is 1.30. The molecule has 44 heavy (non-hydrogen) atoms. The highest BCUT2D eigenvalue weighted by Crippen LogP contribution is 2.36. The largest absolute Gasteiger partial charge is 0.459 e. The van der Waals surface area contributed by atoms with E-state index < -0.39 is 17.8 Å². The number of rotatable bonds is 8. The first-order valence-electron chi connectivity index (χ1n) is 14.6. The lowest BCUT2D eigenvalue weighted by molar-refractivity contribution is -0.137. The predicted molar refractivity (Wildman–Crippen MR) is 163 cm³/mol. The van der Waals surface area contributed by atoms with Crippen molar-refractivity contribution in [2.75, 3.05) is 32.7 Å².